The molecule has 192 valence electrons. The number of carboxylic acids is 1. The monoisotopic (exact) mass is 513 g/mol. The quantitative estimate of drug-likeness (QED) is 0.323. The molecular weight excluding hydrogens is 491 g/mol. The molecule has 3 aromatic carbocycles. The number of nitrogens with zero attached hydrogens (tertiary/aromatic N) is 1. The number of alkyl halides is 3. The van der Waals surface area contributed by atoms with Gasteiger partial charge in [-0.25, -0.2) is 4.79 Å². The van der Waals surface area contributed by atoms with E-state index in [1.54, 1.807) is 55.5 Å². The van der Waals surface area contributed by atoms with Crippen molar-refractivity contribution < 1.29 is 42.1 Å². The van der Waals surface area contributed by atoms with Crippen molar-refractivity contribution in [2.45, 2.75) is 26.3 Å². The Morgan fingerprint density at radius 2 is 1.62 bits per heavy atom. The molecule has 0 aliphatic rings. The maximum Gasteiger partial charge on any atom is 0.573 e. The first-order valence-corrected chi connectivity index (χ1v) is 11.1. The Morgan fingerprint density at radius 3 is 2.24 bits per heavy atom. The highest BCUT2D eigenvalue weighted by Gasteiger charge is 2.32. The van der Waals surface area contributed by atoms with Gasteiger partial charge in [0, 0.05) is 22.2 Å². The number of rotatable bonds is 7. The minimum Gasteiger partial charge on any atom is -0.497 e. The molecule has 0 unspecified atom stereocenters. The Balaban J connectivity index is 1.90. The van der Waals surface area contributed by atoms with Gasteiger partial charge in [-0.15, -0.1) is 13.2 Å². The van der Waals surface area contributed by atoms with Gasteiger partial charge in [0.15, 0.2) is 6.10 Å². The molecule has 0 aliphatic heterocycles. The predicted molar refractivity (Wildman–Crippen MR) is 129 cm³/mol. The topological polar surface area (TPSA) is 87.0 Å². The average molecular weight is 513 g/mol. The lowest BCUT2D eigenvalue weighted by molar-refractivity contribution is -0.274. The molecule has 1 N–H and O–H groups in total. The van der Waals surface area contributed by atoms with Crippen molar-refractivity contribution in [3.8, 4) is 28.4 Å². The summed E-state index contributed by atoms with van der Waals surface area (Å²) in [5.41, 5.74) is 2.16. The molecule has 7 nitrogen and oxygen atoms in total. The van der Waals surface area contributed by atoms with Crippen molar-refractivity contribution in [3.63, 3.8) is 0 Å². The molecular formula is C27H22F3NO6. The number of ether oxygens (including phenoxy) is 3. The second kappa shape index (κ2) is 9.88. The summed E-state index contributed by atoms with van der Waals surface area (Å²) in [6.45, 7) is 3.05. The number of hydrogen-bond donors (Lipinski definition) is 1. The fourth-order valence-electron chi connectivity index (χ4n) is 4.06. The van der Waals surface area contributed by atoms with Crippen LogP contribution < -0.4 is 14.2 Å². The molecule has 1 heterocycles. The van der Waals surface area contributed by atoms with Crippen molar-refractivity contribution in [3.05, 3.63) is 78.0 Å². The van der Waals surface area contributed by atoms with Crippen LogP contribution in [0, 0.1) is 6.92 Å². The van der Waals surface area contributed by atoms with Gasteiger partial charge in [-0.3, -0.25) is 9.36 Å². The molecule has 1 atom stereocenters. The molecule has 4 rings (SSSR count). The standard InChI is InChI=1S/C27H22F3NO6/c1-15-24(18-5-4-6-20(13-18)36-16(2)26(33)34)22-14-21(37-27(28,29)30)11-12-23(22)31(15)25(32)17-7-9-19(35-3)10-8-17/h4-14,16H,1-3H3,(H,33,34)/t16-/m0/s1. The molecule has 0 saturated heterocycles. The van der Waals surface area contributed by atoms with E-state index in [1.807, 2.05) is 0 Å². The zero-order chi connectivity index (χ0) is 26.9. The Hall–Kier alpha value is -4.47. The zero-order valence-electron chi connectivity index (χ0n) is 20.0. The lowest BCUT2D eigenvalue weighted by Gasteiger charge is -2.12. The van der Waals surface area contributed by atoms with Gasteiger partial charge >= 0.3 is 12.3 Å². The first-order chi connectivity index (χ1) is 17.5. The predicted octanol–water partition coefficient (Wildman–Crippen LogP) is 6.06. The summed E-state index contributed by atoms with van der Waals surface area (Å²) in [5.74, 6) is -1.18. The smallest absolute Gasteiger partial charge is 0.497 e. The SMILES string of the molecule is COc1ccc(C(=O)n2c(C)c(-c3cccc(O[C@@H](C)C(=O)O)c3)c3cc(OC(F)(F)F)ccc32)cc1. The average Bonchev–Trinajstić information content (AvgIpc) is 3.13. The molecule has 0 saturated carbocycles. The van der Waals surface area contributed by atoms with Crippen LogP contribution in [0.3, 0.4) is 0 Å². The molecule has 0 fully saturated rings. The molecule has 0 spiro atoms. The van der Waals surface area contributed by atoms with Gasteiger partial charge in [0.25, 0.3) is 5.91 Å². The van der Waals surface area contributed by atoms with Crippen LogP contribution in [0.25, 0.3) is 22.0 Å². The van der Waals surface area contributed by atoms with Crippen LogP contribution in [-0.4, -0.2) is 41.1 Å². The van der Waals surface area contributed by atoms with Crippen molar-refractivity contribution in [2.75, 3.05) is 7.11 Å². The van der Waals surface area contributed by atoms with Crippen LogP contribution in [0.4, 0.5) is 13.2 Å². The summed E-state index contributed by atoms with van der Waals surface area (Å²) < 4.78 is 55.0. The number of halogens is 3. The van der Waals surface area contributed by atoms with Gasteiger partial charge in [-0.1, -0.05) is 12.1 Å². The van der Waals surface area contributed by atoms with Gasteiger partial charge in [0.2, 0.25) is 0 Å². The summed E-state index contributed by atoms with van der Waals surface area (Å²) in [7, 11) is 1.50. The van der Waals surface area contributed by atoms with Crippen LogP contribution in [0.2, 0.25) is 0 Å². The molecule has 4 aromatic rings. The first-order valence-electron chi connectivity index (χ1n) is 11.1. The summed E-state index contributed by atoms with van der Waals surface area (Å²) in [6, 6.07) is 16.7. The van der Waals surface area contributed by atoms with Gasteiger partial charge in [-0.2, -0.15) is 0 Å². The maximum absolute atomic E-state index is 13.5. The number of hydrogen-bond acceptors (Lipinski definition) is 5. The lowest BCUT2D eigenvalue weighted by atomic mass is 10.0. The molecule has 1 aromatic heterocycles. The van der Waals surface area contributed by atoms with E-state index in [2.05, 4.69) is 4.74 Å². The molecule has 0 amide bonds. The third-order valence-electron chi connectivity index (χ3n) is 5.73. The van der Waals surface area contributed by atoms with Crippen LogP contribution in [0.15, 0.2) is 66.7 Å². The minimum absolute atomic E-state index is 0.247. The van der Waals surface area contributed by atoms with Gasteiger partial charge in [0.05, 0.1) is 12.6 Å². The number of benzene rings is 3. The van der Waals surface area contributed by atoms with Crippen molar-refractivity contribution in [1.82, 2.24) is 4.57 Å². The van der Waals surface area contributed by atoms with Crippen molar-refractivity contribution >= 4 is 22.8 Å². The van der Waals surface area contributed by atoms with E-state index in [4.69, 9.17) is 14.6 Å². The van der Waals surface area contributed by atoms with Crippen LogP contribution in [-0.2, 0) is 4.79 Å². The van der Waals surface area contributed by atoms with Crippen molar-refractivity contribution in [1.29, 1.82) is 0 Å². The van der Waals surface area contributed by atoms with E-state index >= 15 is 0 Å². The fourth-order valence-corrected chi connectivity index (χ4v) is 4.06. The van der Waals surface area contributed by atoms with Crippen molar-refractivity contribution in [2.24, 2.45) is 0 Å². The number of carboxylic acid groups (broad SMARTS) is 1. The third kappa shape index (κ3) is 5.37. The maximum atomic E-state index is 13.5. The molecule has 0 radical (unpaired) electrons. The highest BCUT2D eigenvalue weighted by atomic mass is 19.4. The third-order valence-corrected chi connectivity index (χ3v) is 5.73. The van der Waals surface area contributed by atoms with E-state index in [9.17, 15) is 22.8 Å². The molecule has 37 heavy (non-hydrogen) atoms. The Labute approximate surface area is 209 Å². The Kier molecular flexibility index (Phi) is 6.84. The number of aliphatic carboxylic acids is 1. The number of fused-ring (bicyclic) bond motifs is 1. The second-order valence-electron chi connectivity index (χ2n) is 8.18. The summed E-state index contributed by atoms with van der Waals surface area (Å²) in [5, 5.41) is 9.50. The van der Waals surface area contributed by atoms with Gasteiger partial charge in [-0.05, 0) is 74.0 Å². The fraction of sp³-hybridized carbons (Fsp3) is 0.185. The Bertz CT molecular complexity index is 1470. The highest BCUT2D eigenvalue weighted by Crippen LogP contribution is 2.39. The first kappa shape index (κ1) is 25.6. The van der Waals surface area contributed by atoms with E-state index in [-0.39, 0.29) is 5.75 Å². The zero-order valence-corrected chi connectivity index (χ0v) is 20.0. The van der Waals surface area contributed by atoms with Gasteiger partial charge in [0.1, 0.15) is 17.2 Å². The Morgan fingerprint density at radius 1 is 0.946 bits per heavy atom. The molecule has 0 aliphatic carbocycles. The van der Waals surface area contributed by atoms with Crippen LogP contribution >= 0.6 is 0 Å². The van der Waals surface area contributed by atoms with E-state index in [0.717, 1.165) is 6.07 Å². The molecule has 10 heteroatoms. The number of carbonyl (C=O) groups is 2. The van der Waals surface area contributed by atoms with E-state index in [1.165, 1.54) is 30.7 Å². The van der Waals surface area contributed by atoms with Crippen LogP contribution in [0.1, 0.15) is 23.0 Å². The summed E-state index contributed by atoms with van der Waals surface area (Å²) in [4.78, 5) is 24.8. The highest BCUT2D eigenvalue weighted by molar-refractivity contribution is 6.08. The lowest BCUT2D eigenvalue weighted by Crippen LogP contribution is -2.22. The van der Waals surface area contributed by atoms with Gasteiger partial charge < -0.3 is 19.3 Å². The van der Waals surface area contributed by atoms with Crippen LogP contribution in [0.5, 0.6) is 17.2 Å². The summed E-state index contributed by atoms with van der Waals surface area (Å²) in [6.07, 6.45) is -6.02. The normalized spacial score (nSPS) is 12.3. The summed E-state index contributed by atoms with van der Waals surface area (Å²) >= 11 is 0. The second-order valence-corrected chi connectivity index (χ2v) is 8.18. The number of aromatic nitrogens is 1. The number of methoxy groups -OCH3 is 1. The van der Waals surface area contributed by atoms with E-state index < -0.39 is 30.1 Å². The number of carbonyl (C=O) groups excluding carboxylic acids is 1. The minimum atomic E-state index is -4.90. The molecule has 0 bridgehead atoms. The largest absolute Gasteiger partial charge is 0.573 e. The van der Waals surface area contributed by atoms with E-state index in [0.29, 0.717) is 39.0 Å².